The maximum Gasteiger partial charge on any atom is 0.407 e. The average molecular weight is 644 g/mol. The van der Waals surface area contributed by atoms with Crippen molar-refractivity contribution in [3.8, 4) is 0 Å². The number of benzene rings is 1. The third-order valence-corrected chi connectivity index (χ3v) is 6.76. The zero-order chi connectivity index (χ0) is 34.3. The summed E-state index contributed by atoms with van der Waals surface area (Å²) in [7, 11) is 0. The van der Waals surface area contributed by atoms with Crippen molar-refractivity contribution in [3.63, 3.8) is 0 Å². The number of carbonyl (C=O) groups is 3. The van der Waals surface area contributed by atoms with Crippen LogP contribution in [0.25, 0.3) is 21.9 Å². The van der Waals surface area contributed by atoms with Gasteiger partial charge in [-0.2, -0.15) is 0 Å². The Morgan fingerprint density at radius 2 is 1.72 bits per heavy atom. The molecule has 0 radical (unpaired) electrons. The fourth-order valence-corrected chi connectivity index (χ4v) is 4.72. The van der Waals surface area contributed by atoms with Crippen molar-refractivity contribution in [1.82, 2.24) is 25.2 Å². The van der Waals surface area contributed by atoms with Crippen molar-refractivity contribution >= 4 is 45.8 Å². The molecular weight excluding hydrogens is 594 g/mol. The largest absolute Gasteiger partial charge is 0.444 e. The predicted octanol–water partition coefficient (Wildman–Crippen LogP) is 4.23. The van der Waals surface area contributed by atoms with E-state index < -0.39 is 34.9 Å². The van der Waals surface area contributed by atoms with Crippen molar-refractivity contribution in [2.24, 2.45) is 5.73 Å². The standard InChI is InChI=1S/C32H49N7O7/c1-10-43-18-23-38-24-25(39(23)19-31(6,7)44-16-15-34-27(40)32(8,9)45-28(33)41)21-13-11-12-14-22(21)37-26(24)35-17-20(2)36-29(42)46-30(3,4)5/h11-14,20H,10,15-19H2,1-9H3,(H2,33,41)(H,34,40)(H,35,37)(H,36,42)/t20-/m0/s1. The number of anilines is 1. The highest BCUT2D eigenvalue weighted by molar-refractivity contribution is 6.07. The third-order valence-electron chi connectivity index (χ3n) is 6.76. The minimum atomic E-state index is -1.41. The molecule has 0 aliphatic rings. The monoisotopic (exact) mass is 643 g/mol. The lowest BCUT2D eigenvalue weighted by Crippen LogP contribution is -2.47. The van der Waals surface area contributed by atoms with Crippen molar-refractivity contribution in [2.75, 3.05) is 31.6 Å². The van der Waals surface area contributed by atoms with Gasteiger partial charge in [-0.15, -0.1) is 0 Å². The van der Waals surface area contributed by atoms with Gasteiger partial charge in [-0.3, -0.25) is 4.79 Å². The van der Waals surface area contributed by atoms with Crippen LogP contribution in [-0.2, 0) is 36.9 Å². The number of carbonyl (C=O) groups excluding carboxylic acids is 3. The molecule has 0 saturated carbocycles. The first kappa shape index (κ1) is 36.3. The number of hydrogen-bond acceptors (Lipinski definition) is 10. The summed E-state index contributed by atoms with van der Waals surface area (Å²) < 4.78 is 24.4. The van der Waals surface area contributed by atoms with Gasteiger partial charge in [-0.05, 0) is 68.4 Å². The number of ether oxygens (including phenoxy) is 4. The molecular formula is C32H49N7O7. The van der Waals surface area contributed by atoms with Gasteiger partial charge in [0.2, 0.25) is 0 Å². The summed E-state index contributed by atoms with van der Waals surface area (Å²) in [6.07, 6.45) is -1.52. The van der Waals surface area contributed by atoms with E-state index in [-0.39, 0.29) is 25.8 Å². The molecule has 2 heterocycles. The number of nitrogens with two attached hydrogens (primary N) is 1. The Balaban J connectivity index is 1.86. The number of para-hydroxylation sites is 1. The lowest BCUT2D eigenvalue weighted by atomic mass is 10.1. The molecule has 14 nitrogen and oxygen atoms in total. The maximum absolute atomic E-state index is 12.5. The van der Waals surface area contributed by atoms with Gasteiger partial charge in [-0.25, -0.2) is 19.6 Å². The Kier molecular flexibility index (Phi) is 11.8. The minimum Gasteiger partial charge on any atom is -0.444 e. The molecule has 0 fully saturated rings. The maximum atomic E-state index is 12.5. The SMILES string of the molecule is CCOCc1nc2c(NC[C@H](C)NC(=O)OC(C)(C)C)nc3ccccc3c2n1CC(C)(C)OCCNC(=O)C(C)(C)OC(N)=O. The average Bonchev–Trinajstić information content (AvgIpc) is 3.28. The summed E-state index contributed by atoms with van der Waals surface area (Å²) in [5, 5.41) is 9.86. The quantitative estimate of drug-likeness (QED) is 0.175. The number of aromatic nitrogens is 3. The van der Waals surface area contributed by atoms with Crippen LogP contribution in [0.4, 0.5) is 15.4 Å². The fourth-order valence-electron chi connectivity index (χ4n) is 4.72. The number of pyridine rings is 1. The van der Waals surface area contributed by atoms with E-state index in [1.165, 1.54) is 13.8 Å². The molecule has 3 aromatic rings. The Bertz CT molecular complexity index is 1530. The Labute approximate surface area is 270 Å². The van der Waals surface area contributed by atoms with E-state index >= 15 is 0 Å². The third kappa shape index (κ3) is 10.2. The second-order valence-electron chi connectivity index (χ2n) is 13.1. The molecule has 0 saturated heterocycles. The molecule has 254 valence electrons. The molecule has 5 N–H and O–H groups in total. The molecule has 46 heavy (non-hydrogen) atoms. The molecule has 14 heteroatoms. The number of imidazole rings is 1. The molecule has 0 aliphatic carbocycles. The smallest absolute Gasteiger partial charge is 0.407 e. The van der Waals surface area contributed by atoms with Crippen LogP contribution in [0, 0.1) is 0 Å². The van der Waals surface area contributed by atoms with Gasteiger partial charge in [0.05, 0.1) is 29.8 Å². The van der Waals surface area contributed by atoms with Crippen LogP contribution >= 0.6 is 0 Å². The zero-order valence-corrected chi connectivity index (χ0v) is 28.4. The molecule has 1 aromatic carbocycles. The number of nitrogens with one attached hydrogen (secondary N) is 3. The summed E-state index contributed by atoms with van der Waals surface area (Å²) in [4.78, 5) is 45.7. The van der Waals surface area contributed by atoms with Gasteiger partial charge in [-0.1, -0.05) is 18.2 Å². The second kappa shape index (κ2) is 14.9. The lowest BCUT2D eigenvalue weighted by molar-refractivity contribution is -0.137. The highest BCUT2D eigenvalue weighted by Crippen LogP contribution is 2.32. The zero-order valence-electron chi connectivity index (χ0n) is 28.4. The van der Waals surface area contributed by atoms with Gasteiger partial charge < -0.3 is 45.2 Å². The first-order chi connectivity index (χ1) is 21.4. The summed E-state index contributed by atoms with van der Waals surface area (Å²) in [5.74, 6) is 0.792. The van der Waals surface area contributed by atoms with E-state index in [2.05, 4.69) is 20.5 Å². The van der Waals surface area contributed by atoms with Crippen LogP contribution in [0.5, 0.6) is 0 Å². The van der Waals surface area contributed by atoms with Crippen molar-refractivity contribution in [1.29, 1.82) is 0 Å². The first-order valence-corrected chi connectivity index (χ1v) is 15.4. The molecule has 0 spiro atoms. The summed E-state index contributed by atoms with van der Waals surface area (Å²) in [5.41, 5.74) is 4.68. The predicted molar refractivity (Wildman–Crippen MR) is 175 cm³/mol. The number of fused-ring (bicyclic) bond motifs is 3. The van der Waals surface area contributed by atoms with E-state index in [0.29, 0.717) is 36.9 Å². The van der Waals surface area contributed by atoms with E-state index in [1.807, 2.05) is 72.7 Å². The number of primary amides is 1. The number of alkyl carbamates (subject to hydrolysis) is 1. The van der Waals surface area contributed by atoms with E-state index in [0.717, 1.165) is 16.4 Å². The topological polar surface area (TPSA) is 181 Å². The lowest BCUT2D eigenvalue weighted by Gasteiger charge is -2.28. The number of hydrogen-bond donors (Lipinski definition) is 4. The Morgan fingerprint density at radius 1 is 1.02 bits per heavy atom. The van der Waals surface area contributed by atoms with Crippen LogP contribution in [0.1, 0.15) is 68.1 Å². The van der Waals surface area contributed by atoms with Crippen LogP contribution < -0.4 is 21.7 Å². The van der Waals surface area contributed by atoms with Gasteiger partial charge >= 0.3 is 12.2 Å². The van der Waals surface area contributed by atoms with Crippen LogP contribution in [-0.4, -0.2) is 81.8 Å². The van der Waals surface area contributed by atoms with E-state index in [9.17, 15) is 14.4 Å². The molecule has 0 aliphatic heterocycles. The van der Waals surface area contributed by atoms with Gasteiger partial charge in [0.1, 0.15) is 23.5 Å². The van der Waals surface area contributed by atoms with Gasteiger partial charge in [0, 0.05) is 31.1 Å². The fraction of sp³-hybridized carbons (Fsp3) is 0.594. The molecule has 3 amide bonds. The number of nitrogens with zero attached hydrogens (tertiary/aromatic N) is 3. The molecule has 1 atom stereocenters. The molecule has 0 bridgehead atoms. The van der Waals surface area contributed by atoms with E-state index in [4.69, 9.17) is 34.6 Å². The summed E-state index contributed by atoms with van der Waals surface area (Å²) >= 11 is 0. The Hall–Kier alpha value is -4.17. The second-order valence-corrected chi connectivity index (χ2v) is 13.1. The first-order valence-electron chi connectivity index (χ1n) is 15.4. The molecule has 0 unspecified atom stereocenters. The molecule has 3 rings (SSSR count). The van der Waals surface area contributed by atoms with Crippen molar-refractivity contribution in [3.05, 3.63) is 30.1 Å². The van der Waals surface area contributed by atoms with Crippen LogP contribution in [0.3, 0.4) is 0 Å². The number of rotatable bonds is 15. The van der Waals surface area contributed by atoms with Gasteiger partial charge in [0.25, 0.3) is 5.91 Å². The normalized spacial score (nSPS) is 13.0. The minimum absolute atomic E-state index is 0.195. The van der Waals surface area contributed by atoms with Crippen molar-refractivity contribution in [2.45, 2.75) is 98.3 Å². The van der Waals surface area contributed by atoms with Crippen molar-refractivity contribution < 1.29 is 33.3 Å². The molecule has 2 aromatic heterocycles. The highest BCUT2D eigenvalue weighted by atomic mass is 16.6. The van der Waals surface area contributed by atoms with Gasteiger partial charge in [0.15, 0.2) is 11.4 Å². The number of amides is 3. The summed E-state index contributed by atoms with van der Waals surface area (Å²) in [6, 6.07) is 7.57. The van der Waals surface area contributed by atoms with Crippen LogP contribution in [0.15, 0.2) is 24.3 Å². The summed E-state index contributed by atoms with van der Waals surface area (Å²) in [6.45, 7) is 18.1. The van der Waals surface area contributed by atoms with E-state index in [1.54, 1.807) is 0 Å². The highest BCUT2D eigenvalue weighted by Gasteiger charge is 2.31. The van der Waals surface area contributed by atoms with Crippen LogP contribution in [0.2, 0.25) is 0 Å². The Morgan fingerprint density at radius 3 is 2.37 bits per heavy atom.